The SMILES string of the molecule is C[C@H](O)c1ccccc1N1CCCC1C(N)=O. The molecule has 1 heterocycles. The Kier molecular flexibility index (Phi) is 3.33. The predicted molar refractivity (Wildman–Crippen MR) is 66.6 cm³/mol. The zero-order valence-electron chi connectivity index (χ0n) is 9.97. The zero-order chi connectivity index (χ0) is 12.4. The van der Waals surface area contributed by atoms with Gasteiger partial charge in [-0.3, -0.25) is 4.79 Å². The van der Waals surface area contributed by atoms with Crippen LogP contribution in [0.1, 0.15) is 31.4 Å². The molecule has 1 unspecified atom stereocenters. The molecular formula is C13H18N2O2. The van der Waals surface area contributed by atoms with E-state index < -0.39 is 6.10 Å². The van der Waals surface area contributed by atoms with E-state index in [9.17, 15) is 9.90 Å². The molecule has 1 aromatic carbocycles. The summed E-state index contributed by atoms with van der Waals surface area (Å²) in [6, 6.07) is 7.38. The Morgan fingerprint density at radius 2 is 2.24 bits per heavy atom. The van der Waals surface area contributed by atoms with Crippen LogP contribution in [0, 0.1) is 0 Å². The maximum absolute atomic E-state index is 11.4. The van der Waals surface area contributed by atoms with Gasteiger partial charge in [0.25, 0.3) is 0 Å². The Bertz CT molecular complexity index is 418. The average Bonchev–Trinajstić information content (AvgIpc) is 2.77. The molecule has 0 aliphatic carbocycles. The summed E-state index contributed by atoms with van der Waals surface area (Å²) in [5.41, 5.74) is 7.18. The Labute approximate surface area is 101 Å². The number of rotatable bonds is 3. The number of nitrogens with zero attached hydrogens (tertiary/aromatic N) is 1. The van der Waals surface area contributed by atoms with E-state index in [-0.39, 0.29) is 11.9 Å². The third kappa shape index (κ3) is 2.26. The maximum atomic E-state index is 11.4. The third-order valence-corrected chi connectivity index (χ3v) is 3.28. The first-order valence-electron chi connectivity index (χ1n) is 5.94. The summed E-state index contributed by atoms with van der Waals surface area (Å²) in [5, 5.41) is 9.75. The summed E-state index contributed by atoms with van der Waals surface area (Å²) < 4.78 is 0. The van der Waals surface area contributed by atoms with Gasteiger partial charge in [0.2, 0.25) is 5.91 Å². The fourth-order valence-corrected chi connectivity index (χ4v) is 2.45. The largest absolute Gasteiger partial charge is 0.389 e. The highest BCUT2D eigenvalue weighted by Gasteiger charge is 2.30. The summed E-state index contributed by atoms with van der Waals surface area (Å²) in [4.78, 5) is 13.4. The Morgan fingerprint density at radius 1 is 1.53 bits per heavy atom. The van der Waals surface area contributed by atoms with Crippen molar-refractivity contribution in [2.45, 2.75) is 31.9 Å². The lowest BCUT2D eigenvalue weighted by molar-refractivity contribution is -0.119. The van der Waals surface area contributed by atoms with Gasteiger partial charge >= 0.3 is 0 Å². The van der Waals surface area contributed by atoms with E-state index in [2.05, 4.69) is 0 Å². The number of anilines is 1. The lowest BCUT2D eigenvalue weighted by Gasteiger charge is -2.27. The summed E-state index contributed by atoms with van der Waals surface area (Å²) in [7, 11) is 0. The van der Waals surface area contributed by atoms with Crippen molar-refractivity contribution >= 4 is 11.6 Å². The lowest BCUT2D eigenvalue weighted by atomic mass is 10.1. The number of para-hydroxylation sites is 1. The molecule has 0 radical (unpaired) electrons. The Morgan fingerprint density at radius 3 is 2.88 bits per heavy atom. The predicted octanol–water partition coefficient (Wildman–Crippen LogP) is 1.19. The first kappa shape index (κ1) is 11.9. The van der Waals surface area contributed by atoms with Gasteiger partial charge in [0, 0.05) is 17.8 Å². The van der Waals surface area contributed by atoms with Gasteiger partial charge in [-0.15, -0.1) is 0 Å². The number of benzene rings is 1. The number of amides is 1. The normalized spacial score (nSPS) is 21.5. The van der Waals surface area contributed by atoms with Crippen molar-refractivity contribution in [2.75, 3.05) is 11.4 Å². The van der Waals surface area contributed by atoms with Crippen molar-refractivity contribution in [1.82, 2.24) is 0 Å². The molecule has 0 saturated carbocycles. The van der Waals surface area contributed by atoms with Crippen LogP contribution in [0.5, 0.6) is 0 Å². The fraction of sp³-hybridized carbons (Fsp3) is 0.462. The molecule has 4 heteroatoms. The second-order valence-corrected chi connectivity index (χ2v) is 4.49. The summed E-state index contributed by atoms with van der Waals surface area (Å²) in [5.74, 6) is -0.289. The molecule has 1 aliphatic rings. The molecule has 1 saturated heterocycles. The first-order chi connectivity index (χ1) is 8.11. The van der Waals surface area contributed by atoms with Crippen LogP contribution < -0.4 is 10.6 Å². The molecule has 1 aromatic rings. The summed E-state index contributed by atoms with van der Waals surface area (Å²) >= 11 is 0. The number of aliphatic hydroxyl groups is 1. The van der Waals surface area contributed by atoms with Crippen molar-refractivity contribution in [2.24, 2.45) is 5.73 Å². The van der Waals surface area contributed by atoms with Crippen LogP contribution in [-0.2, 0) is 4.79 Å². The minimum absolute atomic E-state index is 0.241. The van der Waals surface area contributed by atoms with Crippen LogP contribution in [0.2, 0.25) is 0 Å². The molecule has 92 valence electrons. The van der Waals surface area contributed by atoms with Crippen molar-refractivity contribution in [3.8, 4) is 0 Å². The van der Waals surface area contributed by atoms with Crippen molar-refractivity contribution in [3.63, 3.8) is 0 Å². The van der Waals surface area contributed by atoms with Gasteiger partial charge in [-0.05, 0) is 25.8 Å². The van der Waals surface area contributed by atoms with Crippen LogP contribution in [0.3, 0.4) is 0 Å². The van der Waals surface area contributed by atoms with E-state index in [1.54, 1.807) is 6.92 Å². The van der Waals surface area contributed by atoms with Gasteiger partial charge in [-0.25, -0.2) is 0 Å². The van der Waals surface area contributed by atoms with E-state index in [0.717, 1.165) is 30.6 Å². The molecule has 2 atom stereocenters. The minimum atomic E-state index is -0.541. The lowest BCUT2D eigenvalue weighted by Crippen LogP contribution is -2.40. The number of nitrogens with two attached hydrogens (primary N) is 1. The van der Waals surface area contributed by atoms with Crippen molar-refractivity contribution in [3.05, 3.63) is 29.8 Å². The molecule has 3 N–H and O–H groups in total. The molecule has 0 spiro atoms. The number of hydrogen-bond donors (Lipinski definition) is 2. The third-order valence-electron chi connectivity index (χ3n) is 3.28. The average molecular weight is 234 g/mol. The van der Waals surface area contributed by atoms with Crippen LogP contribution in [0.4, 0.5) is 5.69 Å². The molecule has 2 rings (SSSR count). The van der Waals surface area contributed by atoms with Crippen LogP contribution in [0.25, 0.3) is 0 Å². The molecule has 1 aliphatic heterocycles. The van der Waals surface area contributed by atoms with Crippen LogP contribution in [0.15, 0.2) is 24.3 Å². The standard InChI is InChI=1S/C13H18N2O2/c1-9(16)10-5-2-3-6-11(10)15-8-4-7-12(15)13(14)17/h2-3,5-6,9,12,16H,4,7-8H2,1H3,(H2,14,17)/t9-,12?/m0/s1. The summed E-state index contributed by atoms with van der Waals surface area (Å²) in [6.45, 7) is 2.55. The summed E-state index contributed by atoms with van der Waals surface area (Å²) in [6.07, 6.45) is 1.21. The van der Waals surface area contributed by atoms with Gasteiger partial charge in [-0.2, -0.15) is 0 Å². The molecule has 1 amide bonds. The molecule has 0 bridgehead atoms. The highest BCUT2D eigenvalue weighted by molar-refractivity contribution is 5.84. The van der Waals surface area contributed by atoms with Gasteiger partial charge in [0.15, 0.2) is 0 Å². The van der Waals surface area contributed by atoms with Gasteiger partial charge < -0.3 is 15.7 Å². The number of carbonyl (C=O) groups excluding carboxylic acids is 1. The second kappa shape index (κ2) is 4.75. The van der Waals surface area contributed by atoms with Gasteiger partial charge in [0.05, 0.1) is 6.10 Å². The maximum Gasteiger partial charge on any atom is 0.240 e. The van der Waals surface area contributed by atoms with E-state index in [4.69, 9.17) is 5.73 Å². The van der Waals surface area contributed by atoms with Crippen LogP contribution in [-0.4, -0.2) is 23.6 Å². The van der Waals surface area contributed by atoms with Gasteiger partial charge in [-0.1, -0.05) is 18.2 Å². The number of aliphatic hydroxyl groups excluding tert-OH is 1. The van der Waals surface area contributed by atoms with Crippen molar-refractivity contribution in [1.29, 1.82) is 0 Å². The quantitative estimate of drug-likeness (QED) is 0.825. The molecule has 4 nitrogen and oxygen atoms in total. The molecular weight excluding hydrogens is 216 g/mol. The van der Waals surface area contributed by atoms with E-state index >= 15 is 0 Å². The number of carbonyl (C=O) groups is 1. The molecule has 1 fully saturated rings. The van der Waals surface area contributed by atoms with Crippen molar-refractivity contribution < 1.29 is 9.90 Å². The minimum Gasteiger partial charge on any atom is -0.389 e. The van der Waals surface area contributed by atoms with E-state index in [1.165, 1.54) is 0 Å². The number of primary amides is 1. The smallest absolute Gasteiger partial charge is 0.240 e. The highest BCUT2D eigenvalue weighted by Crippen LogP contribution is 2.31. The van der Waals surface area contributed by atoms with Crippen LogP contribution >= 0.6 is 0 Å². The molecule has 0 aromatic heterocycles. The topological polar surface area (TPSA) is 66.6 Å². The van der Waals surface area contributed by atoms with E-state index in [1.807, 2.05) is 29.2 Å². The zero-order valence-corrected chi connectivity index (χ0v) is 9.97. The fourth-order valence-electron chi connectivity index (χ4n) is 2.45. The Balaban J connectivity index is 2.36. The first-order valence-corrected chi connectivity index (χ1v) is 5.94. The number of hydrogen-bond acceptors (Lipinski definition) is 3. The van der Waals surface area contributed by atoms with Gasteiger partial charge in [0.1, 0.15) is 6.04 Å². The second-order valence-electron chi connectivity index (χ2n) is 4.49. The highest BCUT2D eigenvalue weighted by atomic mass is 16.3. The molecule has 17 heavy (non-hydrogen) atoms. The van der Waals surface area contributed by atoms with E-state index in [0.29, 0.717) is 0 Å². The monoisotopic (exact) mass is 234 g/mol. The Hall–Kier alpha value is -1.55.